The van der Waals surface area contributed by atoms with Gasteiger partial charge in [0.1, 0.15) is 5.54 Å². The van der Waals surface area contributed by atoms with E-state index in [4.69, 9.17) is 11.6 Å². The number of benzene rings is 1. The molecule has 4 nitrogen and oxygen atoms in total. The molecule has 1 amide bonds. The maximum Gasteiger partial charge on any atom is 0.329 e. The highest BCUT2D eigenvalue weighted by Crippen LogP contribution is 2.40. The fraction of sp³-hybridized carbons (Fsp3) is 0.385. The summed E-state index contributed by atoms with van der Waals surface area (Å²) in [5.74, 6) is -1.44. The minimum atomic E-state index is -1.22. The molecule has 0 bridgehead atoms. The monoisotopic (exact) mass is 345 g/mol. The second-order valence-electron chi connectivity index (χ2n) is 4.89. The predicted octanol–water partition coefficient (Wildman–Crippen LogP) is 3.09. The van der Waals surface area contributed by atoms with E-state index in [1.54, 1.807) is 19.1 Å². The summed E-state index contributed by atoms with van der Waals surface area (Å²) in [6.07, 6.45) is 1.64. The maximum atomic E-state index is 12.1. The number of hydrogen-bond acceptors (Lipinski definition) is 2. The molecule has 2 N–H and O–H groups in total. The van der Waals surface area contributed by atoms with Gasteiger partial charge in [-0.2, -0.15) is 0 Å². The van der Waals surface area contributed by atoms with Crippen LogP contribution >= 0.6 is 27.5 Å². The topological polar surface area (TPSA) is 66.4 Å². The lowest BCUT2D eigenvalue weighted by Gasteiger charge is -2.26. The zero-order valence-corrected chi connectivity index (χ0v) is 12.6. The third kappa shape index (κ3) is 3.09. The molecule has 0 aromatic heterocycles. The van der Waals surface area contributed by atoms with Gasteiger partial charge in [-0.15, -0.1) is 0 Å². The first-order chi connectivity index (χ1) is 8.83. The Kier molecular flexibility index (Phi) is 3.87. The van der Waals surface area contributed by atoms with E-state index in [1.165, 1.54) is 6.07 Å². The normalized spacial score (nSPS) is 17.6. The van der Waals surface area contributed by atoms with E-state index in [9.17, 15) is 14.7 Å². The van der Waals surface area contributed by atoms with Gasteiger partial charge in [0.25, 0.3) is 5.91 Å². The van der Waals surface area contributed by atoms with Gasteiger partial charge in [-0.05, 0) is 43.9 Å². The highest BCUT2D eigenvalue weighted by atomic mass is 79.9. The number of carbonyl (C=O) groups excluding carboxylic acids is 1. The van der Waals surface area contributed by atoms with Crippen molar-refractivity contribution < 1.29 is 14.7 Å². The second kappa shape index (κ2) is 5.13. The second-order valence-corrected chi connectivity index (χ2v) is 6.25. The Morgan fingerprint density at radius 1 is 1.42 bits per heavy atom. The van der Waals surface area contributed by atoms with Gasteiger partial charge in [0.2, 0.25) is 0 Å². The van der Waals surface area contributed by atoms with Gasteiger partial charge in [-0.3, -0.25) is 4.79 Å². The number of carboxylic acids is 1. The number of hydrogen-bond donors (Lipinski definition) is 2. The van der Waals surface area contributed by atoms with E-state index >= 15 is 0 Å². The van der Waals surface area contributed by atoms with Crippen molar-refractivity contribution in [2.75, 3.05) is 0 Å². The van der Waals surface area contributed by atoms with E-state index in [2.05, 4.69) is 21.2 Å². The first-order valence-electron chi connectivity index (χ1n) is 5.85. The molecule has 0 aliphatic heterocycles. The number of rotatable bonds is 4. The number of nitrogens with one attached hydrogen (secondary N) is 1. The largest absolute Gasteiger partial charge is 0.480 e. The molecule has 19 heavy (non-hydrogen) atoms. The van der Waals surface area contributed by atoms with E-state index < -0.39 is 17.4 Å². The van der Waals surface area contributed by atoms with Gasteiger partial charge < -0.3 is 10.4 Å². The lowest BCUT2D eigenvalue weighted by molar-refractivity contribution is -0.144. The Morgan fingerprint density at radius 3 is 2.53 bits per heavy atom. The number of aliphatic carboxylic acids is 1. The van der Waals surface area contributed by atoms with Gasteiger partial charge in [-0.1, -0.05) is 27.5 Å². The molecule has 0 saturated heterocycles. The van der Waals surface area contributed by atoms with Crippen molar-refractivity contribution in [3.8, 4) is 0 Å². The average Bonchev–Trinajstić information content (AvgIpc) is 3.10. The van der Waals surface area contributed by atoms with Crippen molar-refractivity contribution in [3.05, 3.63) is 33.3 Å². The predicted molar refractivity (Wildman–Crippen MR) is 75.4 cm³/mol. The van der Waals surface area contributed by atoms with Gasteiger partial charge in [0, 0.05) is 15.1 Å². The summed E-state index contributed by atoms with van der Waals surface area (Å²) in [6, 6.07) is 4.78. The molecular formula is C13H13BrClNO3. The van der Waals surface area contributed by atoms with Crippen LogP contribution in [-0.2, 0) is 4.79 Å². The van der Waals surface area contributed by atoms with Crippen molar-refractivity contribution in [2.24, 2.45) is 5.92 Å². The highest BCUT2D eigenvalue weighted by molar-refractivity contribution is 9.10. The first-order valence-corrected chi connectivity index (χ1v) is 7.02. The Balaban J connectivity index is 2.22. The van der Waals surface area contributed by atoms with Crippen molar-refractivity contribution >= 4 is 39.4 Å². The van der Waals surface area contributed by atoms with Crippen molar-refractivity contribution in [1.82, 2.24) is 5.32 Å². The van der Waals surface area contributed by atoms with E-state index in [-0.39, 0.29) is 5.92 Å². The standard InChI is InChI=1S/C13H13BrClNO3/c1-13(12(18)19,8-2-3-8)16-11(17)7-4-9(14)6-10(15)5-7/h4-6,8H,2-3H2,1H3,(H,16,17)(H,18,19). The molecule has 1 aliphatic rings. The van der Waals surface area contributed by atoms with Gasteiger partial charge in [-0.25, -0.2) is 4.79 Å². The summed E-state index contributed by atoms with van der Waals surface area (Å²) in [6.45, 7) is 1.55. The van der Waals surface area contributed by atoms with Crippen LogP contribution in [0.3, 0.4) is 0 Å². The van der Waals surface area contributed by atoms with Crippen LogP contribution in [0, 0.1) is 5.92 Å². The maximum absolute atomic E-state index is 12.1. The molecule has 1 aromatic rings. The van der Waals surface area contributed by atoms with Crippen molar-refractivity contribution in [3.63, 3.8) is 0 Å². The third-order valence-electron chi connectivity index (χ3n) is 3.34. The third-order valence-corrected chi connectivity index (χ3v) is 4.01. The van der Waals surface area contributed by atoms with Crippen LogP contribution in [0.1, 0.15) is 30.1 Å². The molecule has 2 rings (SSSR count). The Morgan fingerprint density at radius 2 is 2.05 bits per heavy atom. The van der Waals surface area contributed by atoms with E-state index in [0.717, 1.165) is 12.8 Å². The summed E-state index contributed by atoms with van der Waals surface area (Å²) < 4.78 is 0.675. The molecular weight excluding hydrogens is 334 g/mol. The lowest BCUT2D eigenvalue weighted by Crippen LogP contribution is -2.54. The summed E-state index contributed by atoms with van der Waals surface area (Å²) >= 11 is 9.13. The SMILES string of the molecule is CC(NC(=O)c1cc(Cl)cc(Br)c1)(C(=O)O)C1CC1. The minimum absolute atomic E-state index is 0.00317. The number of amides is 1. The molecule has 1 fully saturated rings. The number of carboxylic acid groups (broad SMARTS) is 1. The summed E-state index contributed by atoms with van der Waals surface area (Å²) in [5, 5.41) is 12.3. The van der Waals surface area contributed by atoms with Crippen molar-refractivity contribution in [2.45, 2.75) is 25.3 Å². The van der Waals surface area contributed by atoms with E-state index in [1.807, 2.05) is 0 Å². The van der Waals surface area contributed by atoms with Crippen molar-refractivity contribution in [1.29, 1.82) is 0 Å². The lowest BCUT2D eigenvalue weighted by atomic mass is 9.95. The van der Waals surface area contributed by atoms with Crippen LogP contribution < -0.4 is 5.32 Å². The highest BCUT2D eigenvalue weighted by Gasteiger charge is 2.48. The summed E-state index contributed by atoms with van der Waals surface area (Å²) in [7, 11) is 0. The molecule has 0 radical (unpaired) electrons. The molecule has 1 unspecified atom stereocenters. The fourth-order valence-corrected chi connectivity index (χ4v) is 2.84. The Hall–Kier alpha value is -1.07. The zero-order chi connectivity index (χ0) is 14.2. The fourth-order valence-electron chi connectivity index (χ4n) is 1.98. The van der Waals surface area contributed by atoms with E-state index in [0.29, 0.717) is 15.1 Å². The number of halogens is 2. The van der Waals surface area contributed by atoms with Gasteiger partial charge >= 0.3 is 5.97 Å². The van der Waals surface area contributed by atoms with Crippen LogP contribution in [0.25, 0.3) is 0 Å². The first kappa shape index (κ1) is 14.3. The van der Waals surface area contributed by atoms with Gasteiger partial charge in [0.05, 0.1) is 0 Å². The Bertz CT molecular complexity index is 524. The molecule has 6 heteroatoms. The smallest absolute Gasteiger partial charge is 0.329 e. The quantitative estimate of drug-likeness (QED) is 0.880. The average molecular weight is 347 g/mol. The summed E-state index contributed by atoms with van der Waals surface area (Å²) in [4.78, 5) is 23.5. The molecule has 102 valence electrons. The molecule has 1 atom stereocenters. The minimum Gasteiger partial charge on any atom is -0.480 e. The molecule has 1 saturated carbocycles. The van der Waals surface area contributed by atoms with Crippen LogP contribution in [0.2, 0.25) is 5.02 Å². The van der Waals surface area contributed by atoms with Crippen LogP contribution in [0.4, 0.5) is 0 Å². The van der Waals surface area contributed by atoms with Crippen LogP contribution in [0.5, 0.6) is 0 Å². The molecule has 0 spiro atoms. The van der Waals surface area contributed by atoms with Crippen LogP contribution in [0.15, 0.2) is 22.7 Å². The molecule has 1 aromatic carbocycles. The summed E-state index contributed by atoms with van der Waals surface area (Å²) in [5.41, 5.74) is -0.876. The zero-order valence-electron chi connectivity index (χ0n) is 10.2. The van der Waals surface area contributed by atoms with Gasteiger partial charge in [0.15, 0.2) is 0 Å². The van der Waals surface area contributed by atoms with Crippen LogP contribution in [-0.4, -0.2) is 22.5 Å². The molecule has 1 aliphatic carbocycles. The molecule has 0 heterocycles. The number of carbonyl (C=O) groups is 2. The Labute approximate surface area is 124 Å².